The lowest BCUT2D eigenvalue weighted by Gasteiger charge is -2.03. The number of ether oxygens (including phenoxy) is 3. The lowest BCUT2D eigenvalue weighted by atomic mass is 10.1. The van der Waals surface area contributed by atoms with Crippen molar-refractivity contribution in [1.29, 1.82) is 0 Å². The van der Waals surface area contributed by atoms with Gasteiger partial charge in [-0.15, -0.1) is 0 Å². The van der Waals surface area contributed by atoms with Gasteiger partial charge in [-0.25, -0.2) is 0 Å². The first-order chi connectivity index (χ1) is 28.7. The van der Waals surface area contributed by atoms with Gasteiger partial charge in [0.25, 0.3) is 0 Å². The summed E-state index contributed by atoms with van der Waals surface area (Å²) < 4.78 is 16.6. The second-order valence-corrected chi connectivity index (χ2v) is 17.7. The summed E-state index contributed by atoms with van der Waals surface area (Å²) in [6.45, 7) is 37.8. The molecule has 0 bridgehead atoms. The zero-order valence-corrected chi connectivity index (χ0v) is 42.9. The minimum absolute atomic E-state index is 0.767. The summed E-state index contributed by atoms with van der Waals surface area (Å²) in [7, 11) is 0. The lowest BCUT2D eigenvalue weighted by Crippen LogP contribution is -1.95. The van der Waals surface area contributed by atoms with Gasteiger partial charge in [-0.2, -0.15) is 0 Å². The second kappa shape index (κ2) is 47.6. The molecule has 0 amide bonds. The molecule has 0 saturated carbocycles. The molecular formula is C57H102O3. The predicted molar refractivity (Wildman–Crippen MR) is 273 cm³/mol. The smallest absolute Gasteiger partial charge is 0.0649 e. The molecular weight excluding hydrogens is 733 g/mol. The third kappa shape index (κ3) is 55.5. The first-order valence-electron chi connectivity index (χ1n) is 24.2. The Morgan fingerprint density at radius 1 is 0.283 bits per heavy atom. The van der Waals surface area contributed by atoms with E-state index in [1.54, 1.807) is 0 Å². The van der Waals surface area contributed by atoms with Crippen LogP contribution in [0.25, 0.3) is 0 Å². The average molecular weight is 835 g/mol. The van der Waals surface area contributed by atoms with E-state index in [1.165, 1.54) is 121 Å². The van der Waals surface area contributed by atoms with E-state index in [2.05, 4.69) is 159 Å². The number of rotatable bonds is 33. The summed E-state index contributed by atoms with van der Waals surface area (Å²) in [5.41, 5.74) is 13.1. The van der Waals surface area contributed by atoms with Crippen molar-refractivity contribution in [2.45, 2.75) is 219 Å². The molecule has 0 aliphatic carbocycles. The molecule has 0 N–H and O–H groups in total. The molecule has 0 rings (SSSR count). The molecule has 0 aliphatic heterocycles. The van der Waals surface area contributed by atoms with Crippen LogP contribution < -0.4 is 0 Å². The van der Waals surface area contributed by atoms with Crippen LogP contribution in [-0.4, -0.2) is 39.6 Å². The van der Waals surface area contributed by atoms with Crippen molar-refractivity contribution in [3.63, 3.8) is 0 Å². The molecule has 3 nitrogen and oxygen atoms in total. The Morgan fingerprint density at radius 3 is 0.833 bits per heavy atom. The average Bonchev–Trinajstić information content (AvgIpc) is 3.18. The quantitative estimate of drug-likeness (QED) is 0.0487. The molecule has 0 heterocycles. The molecule has 0 atom stereocenters. The second-order valence-electron chi connectivity index (χ2n) is 17.7. The molecule has 348 valence electrons. The van der Waals surface area contributed by atoms with E-state index in [9.17, 15) is 0 Å². The molecule has 0 aromatic carbocycles. The van der Waals surface area contributed by atoms with Crippen molar-refractivity contribution >= 4 is 0 Å². The van der Waals surface area contributed by atoms with Gasteiger partial charge in [-0.3, -0.25) is 0 Å². The van der Waals surface area contributed by atoms with Crippen molar-refractivity contribution in [2.24, 2.45) is 0 Å². The maximum absolute atomic E-state index is 5.61. The molecule has 0 fully saturated rings. The number of hydrogen-bond donors (Lipinski definition) is 0. The van der Waals surface area contributed by atoms with Gasteiger partial charge in [0.05, 0.1) is 19.8 Å². The highest BCUT2D eigenvalue weighted by atomic mass is 16.5. The van der Waals surface area contributed by atoms with Crippen molar-refractivity contribution in [1.82, 2.24) is 0 Å². The summed E-state index contributed by atoms with van der Waals surface area (Å²) in [4.78, 5) is 0. The Bertz CT molecular complexity index is 1260. The van der Waals surface area contributed by atoms with Gasteiger partial charge < -0.3 is 14.2 Å². The van der Waals surface area contributed by atoms with Crippen LogP contribution in [0.15, 0.2) is 105 Å². The molecule has 0 aromatic rings. The Morgan fingerprint density at radius 2 is 0.550 bits per heavy atom. The normalized spacial score (nSPS) is 12.7. The monoisotopic (exact) mass is 835 g/mol. The third-order valence-corrected chi connectivity index (χ3v) is 9.90. The van der Waals surface area contributed by atoms with E-state index in [-0.39, 0.29) is 0 Å². The third-order valence-electron chi connectivity index (χ3n) is 9.90. The van der Waals surface area contributed by atoms with E-state index in [0.717, 1.165) is 84.6 Å². The van der Waals surface area contributed by atoms with Gasteiger partial charge in [0.1, 0.15) is 0 Å². The van der Waals surface area contributed by atoms with Crippen LogP contribution in [0.4, 0.5) is 0 Å². The lowest BCUT2D eigenvalue weighted by molar-refractivity contribution is 0.157. The molecule has 0 aliphatic rings. The summed E-state index contributed by atoms with van der Waals surface area (Å²) in [6, 6.07) is 0. The van der Waals surface area contributed by atoms with E-state index in [4.69, 9.17) is 14.2 Å². The SMILES string of the molecule is CCCCCOC/C=C(\C)CC/C=C(\C)CCC=C(C)C.CCCCOC/C=C(\C)CC/C=C(\C)CCC=C(C)C.CCCOC/C=C(\C)CC/C=C(\C)CCC=C(C)C. The molecule has 0 radical (unpaired) electrons. The Kier molecular flexibility index (Phi) is 49.0. The van der Waals surface area contributed by atoms with Gasteiger partial charge >= 0.3 is 0 Å². The Labute approximate surface area is 376 Å². The molecule has 0 saturated heterocycles. The van der Waals surface area contributed by atoms with Crippen LogP contribution in [0.2, 0.25) is 0 Å². The Hall–Kier alpha value is -2.46. The minimum Gasteiger partial charge on any atom is -0.377 e. The number of hydrogen-bond acceptors (Lipinski definition) is 3. The van der Waals surface area contributed by atoms with Crippen LogP contribution in [0.1, 0.15) is 219 Å². The van der Waals surface area contributed by atoms with Gasteiger partial charge in [0.2, 0.25) is 0 Å². The van der Waals surface area contributed by atoms with E-state index in [1.807, 2.05) is 0 Å². The summed E-state index contributed by atoms with van der Waals surface area (Å²) in [5, 5.41) is 0. The highest BCUT2D eigenvalue weighted by molar-refractivity contribution is 5.08. The van der Waals surface area contributed by atoms with Crippen molar-refractivity contribution in [2.75, 3.05) is 39.6 Å². The zero-order valence-electron chi connectivity index (χ0n) is 42.9. The standard InChI is InChI=1S/C20H36O.C19H34O.C18H32O/c1-6-7-8-16-21-17-15-20(5)14-10-13-19(4)12-9-11-18(2)3;1-6-7-15-20-16-14-19(5)13-9-12-18(4)11-8-10-17(2)3;1-6-14-19-15-13-18(5)12-8-11-17(4)10-7-9-16(2)3/h11,13,15H,6-10,12,14,16-17H2,1-5H3;10,12,14H,6-9,11,13,15-16H2,1-5H3;9,11,13H,6-8,10,12,14-15H2,1-5H3/b19-13+,20-15+;18-12+,19-14+;17-11+,18-13+. The highest BCUT2D eigenvalue weighted by Crippen LogP contribution is 2.14. The predicted octanol–water partition coefficient (Wildman–Crippen LogP) is 18.7. The van der Waals surface area contributed by atoms with Crippen LogP contribution >= 0.6 is 0 Å². The fourth-order valence-electron chi connectivity index (χ4n) is 5.72. The molecule has 0 spiro atoms. The molecule has 60 heavy (non-hydrogen) atoms. The van der Waals surface area contributed by atoms with Crippen LogP contribution in [0.5, 0.6) is 0 Å². The number of unbranched alkanes of at least 4 members (excludes halogenated alkanes) is 3. The number of allylic oxidation sites excluding steroid dienone is 15. The minimum atomic E-state index is 0.767. The van der Waals surface area contributed by atoms with Crippen LogP contribution in [0.3, 0.4) is 0 Å². The van der Waals surface area contributed by atoms with Crippen molar-refractivity contribution in [3.8, 4) is 0 Å². The van der Waals surface area contributed by atoms with Crippen LogP contribution in [0, 0.1) is 0 Å². The maximum atomic E-state index is 5.61. The molecule has 3 heteroatoms. The maximum Gasteiger partial charge on any atom is 0.0649 e. The fourth-order valence-corrected chi connectivity index (χ4v) is 5.72. The van der Waals surface area contributed by atoms with Crippen molar-refractivity contribution in [3.05, 3.63) is 105 Å². The highest BCUT2D eigenvalue weighted by Gasteiger charge is 1.95. The topological polar surface area (TPSA) is 27.7 Å². The van der Waals surface area contributed by atoms with Gasteiger partial charge in [-0.1, -0.05) is 145 Å². The largest absolute Gasteiger partial charge is 0.377 e. The van der Waals surface area contributed by atoms with E-state index in [0.29, 0.717) is 0 Å². The van der Waals surface area contributed by atoms with Crippen molar-refractivity contribution < 1.29 is 14.2 Å². The summed E-state index contributed by atoms with van der Waals surface area (Å²) in [5.74, 6) is 0. The molecule has 0 aromatic heterocycles. The first kappa shape index (κ1) is 61.8. The van der Waals surface area contributed by atoms with Gasteiger partial charge in [0.15, 0.2) is 0 Å². The fraction of sp³-hybridized carbons (Fsp3) is 0.684. The molecule has 0 unspecified atom stereocenters. The zero-order chi connectivity index (χ0) is 45.7. The Balaban J connectivity index is -0.000000813. The van der Waals surface area contributed by atoms with E-state index < -0.39 is 0 Å². The summed E-state index contributed by atoms with van der Waals surface area (Å²) in [6.07, 6.45) is 41.9. The summed E-state index contributed by atoms with van der Waals surface area (Å²) >= 11 is 0. The van der Waals surface area contributed by atoms with Gasteiger partial charge in [0, 0.05) is 19.8 Å². The van der Waals surface area contributed by atoms with Gasteiger partial charge in [-0.05, 0) is 179 Å². The van der Waals surface area contributed by atoms with E-state index >= 15 is 0 Å². The first-order valence-corrected chi connectivity index (χ1v) is 24.2. The van der Waals surface area contributed by atoms with Crippen LogP contribution in [-0.2, 0) is 14.2 Å².